The molecule has 3 rings (SSSR count). The minimum atomic E-state index is -0.806. The summed E-state index contributed by atoms with van der Waals surface area (Å²) >= 11 is 0. The zero-order chi connectivity index (χ0) is 17.8. The van der Waals surface area contributed by atoms with Crippen molar-refractivity contribution in [2.45, 2.75) is 31.3 Å². The molecule has 1 heterocycles. The fraction of sp³-hybridized carbons (Fsp3) is 0.375. The first-order valence-electron chi connectivity index (χ1n) is 7.91. The molecule has 1 aromatic heterocycles. The third kappa shape index (κ3) is 4.06. The standard InChI is InChI=1S/C16H18N4O5/c1-17-15-9-14(18-19-15)10-2-5-13(8-10)25-16(21)24-12-6-3-11(4-7-12)20(22)23/h3-4,6-7,9-10,13H,2,5,8H2,1H3,(H2,17,18,19)/t10-,13+/m0/s1. The van der Waals surface area contributed by atoms with Gasteiger partial charge in [-0.05, 0) is 31.4 Å². The number of aromatic amines is 1. The number of rotatable bonds is 5. The van der Waals surface area contributed by atoms with Crippen molar-refractivity contribution in [2.75, 3.05) is 12.4 Å². The Labute approximate surface area is 143 Å². The maximum Gasteiger partial charge on any atom is 0.514 e. The van der Waals surface area contributed by atoms with Gasteiger partial charge in [0.15, 0.2) is 0 Å². The quantitative estimate of drug-likeness (QED) is 0.369. The van der Waals surface area contributed by atoms with E-state index in [9.17, 15) is 14.9 Å². The van der Waals surface area contributed by atoms with E-state index in [4.69, 9.17) is 9.47 Å². The van der Waals surface area contributed by atoms with Gasteiger partial charge < -0.3 is 14.8 Å². The van der Waals surface area contributed by atoms with Crippen molar-refractivity contribution in [1.29, 1.82) is 0 Å². The van der Waals surface area contributed by atoms with Gasteiger partial charge in [0, 0.05) is 36.9 Å². The molecule has 0 spiro atoms. The number of H-pyrrole nitrogens is 1. The van der Waals surface area contributed by atoms with Crippen LogP contribution in [0.3, 0.4) is 0 Å². The zero-order valence-corrected chi connectivity index (χ0v) is 13.6. The van der Waals surface area contributed by atoms with Crippen LogP contribution in [0, 0.1) is 10.1 Å². The molecule has 25 heavy (non-hydrogen) atoms. The molecule has 0 bridgehead atoms. The van der Waals surface area contributed by atoms with Gasteiger partial charge in [0.25, 0.3) is 5.69 Å². The van der Waals surface area contributed by atoms with E-state index in [1.165, 1.54) is 24.3 Å². The highest BCUT2D eigenvalue weighted by Crippen LogP contribution is 2.36. The Morgan fingerprint density at radius 2 is 2.12 bits per heavy atom. The fourth-order valence-electron chi connectivity index (χ4n) is 2.90. The third-order valence-corrected chi connectivity index (χ3v) is 4.19. The Bertz CT molecular complexity index is 758. The molecule has 9 heteroatoms. The molecule has 1 aliphatic rings. The molecule has 1 aromatic carbocycles. The third-order valence-electron chi connectivity index (χ3n) is 4.19. The number of aromatic nitrogens is 2. The lowest BCUT2D eigenvalue weighted by atomic mass is 10.0. The van der Waals surface area contributed by atoms with E-state index in [0.29, 0.717) is 6.42 Å². The van der Waals surface area contributed by atoms with Gasteiger partial charge in [-0.15, -0.1) is 0 Å². The minimum Gasteiger partial charge on any atom is -0.431 e. The summed E-state index contributed by atoms with van der Waals surface area (Å²) in [5.74, 6) is 1.24. The number of carbonyl (C=O) groups is 1. The van der Waals surface area contributed by atoms with Gasteiger partial charge in [-0.2, -0.15) is 5.10 Å². The average Bonchev–Trinajstić information content (AvgIpc) is 3.24. The van der Waals surface area contributed by atoms with Crippen molar-refractivity contribution < 1.29 is 19.2 Å². The number of non-ortho nitro benzene ring substituents is 1. The lowest BCUT2D eigenvalue weighted by Crippen LogP contribution is -2.18. The van der Waals surface area contributed by atoms with Crippen molar-refractivity contribution in [1.82, 2.24) is 10.2 Å². The predicted molar refractivity (Wildman–Crippen MR) is 88.7 cm³/mol. The van der Waals surface area contributed by atoms with Crippen LogP contribution < -0.4 is 10.1 Å². The molecule has 2 aromatic rings. The lowest BCUT2D eigenvalue weighted by Gasteiger charge is -2.12. The van der Waals surface area contributed by atoms with E-state index in [2.05, 4.69) is 15.5 Å². The molecule has 1 fully saturated rings. The highest BCUT2D eigenvalue weighted by molar-refractivity contribution is 5.64. The maximum absolute atomic E-state index is 11.9. The van der Waals surface area contributed by atoms with Crippen LogP contribution in [0.1, 0.15) is 30.9 Å². The molecule has 2 atom stereocenters. The van der Waals surface area contributed by atoms with E-state index in [1.54, 1.807) is 7.05 Å². The number of hydrogen-bond acceptors (Lipinski definition) is 7. The van der Waals surface area contributed by atoms with Crippen LogP contribution in [0.4, 0.5) is 16.3 Å². The number of nitro groups is 1. The molecular formula is C16H18N4O5. The first-order chi connectivity index (χ1) is 12.0. The largest absolute Gasteiger partial charge is 0.514 e. The van der Waals surface area contributed by atoms with Crippen molar-refractivity contribution in [3.8, 4) is 5.75 Å². The molecule has 0 saturated heterocycles. The second-order valence-corrected chi connectivity index (χ2v) is 5.81. The van der Waals surface area contributed by atoms with E-state index in [-0.39, 0.29) is 23.5 Å². The molecule has 0 radical (unpaired) electrons. The predicted octanol–water partition coefficient (Wildman–Crippen LogP) is 3.21. The van der Waals surface area contributed by atoms with Crippen molar-refractivity contribution in [2.24, 2.45) is 0 Å². The number of nitrogens with one attached hydrogen (secondary N) is 2. The first-order valence-corrected chi connectivity index (χ1v) is 7.91. The number of benzene rings is 1. The van der Waals surface area contributed by atoms with Crippen LogP contribution in [0.25, 0.3) is 0 Å². The van der Waals surface area contributed by atoms with Gasteiger partial charge in [0.05, 0.1) is 4.92 Å². The summed E-state index contributed by atoms with van der Waals surface area (Å²) in [7, 11) is 1.80. The van der Waals surface area contributed by atoms with Gasteiger partial charge in [0.2, 0.25) is 0 Å². The summed E-state index contributed by atoms with van der Waals surface area (Å²) in [6.45, 7) is 0. The van der Waals surface area contributed by atoms with E-state index < -0.39 is 11.1 Å². The summed E-state index contributed by atoms with van der Waals surface area (Å²) in [6, 6.07) is 7.21. The summed E-state index contributed by atoms with van der Waals surface area (Å²) in [4.78, 5) is 21.9. The smallest absolute Gasteiger partial charge is 0.431 e. The Morgan fingerprint density at radius 3 is 2.76 bits per heavy atom. The molecule has 2 N–H and O–H groups in total. The summed E-state index contributed by atoms with van der Waals surface area (Å²) in [5.41, 5.74) is 0.944. The van der Waals surface area contributed by atoms with Crippen LogP contribution in [-0.2, 0) is 4.74 Å². The number of carbonyl (C=O) groups excluding carboxylic acids is 1. The van der Waals surface area contributed by atoms with Gasteiger partial charge in [-0.25, -0.2) is 4.79 Å². The van der Waals surface area contributed by atoms with Crippen LogP contribution in [-0.4, -0.2) is 34.4 Å². The van der Waals surface area contributed by atoms with Crippen LogP contribution in [0.5, 0.6) is 5.75 Å². The highest BCUT2D eigenvalue weighted by Gasteiger charge is 2.30. The van der Waals surface area contributed by atoms with E-state index in [0.717, 1.165) is 24.4 Å². The molecule has 0 unspecified atom stereocenters. The van der Waals surface area contributed by atoms with Crippen LogP contribution >= 0.6 is 0 Å². The van der Waals surface area contributed by atoms with Gasteiger partial charge in [-0.3, -0.25) is 15.2 Å². The van der Waals surface area contributed by atoms with Gasteiger partial charge >= 0.3 is 6.16 Å². The maximum atomic E-state index is 11.9. The van der Waals surface area contributed by atoms with Gasteiger partial charge in [0.1, 0.15) is 17.7 Å². The molecule has 0 amide bonds. The normalized spacial score (nSPS) is 19.4. The molecule has 0 aliphatic heterocycles. The van der Waals surface area contributed by atoms with Crippen molar-refractivity contribution in [3.05, 3.63) is 46.1 Å². The van der Waals surface area contributed by atoms with Crippen LogP contribution in [0.2, 0.25) is 0 Å². The van der Waals surface area contributed by atoms with Gasteiger partial charge in [-0.1, -0.05) is 0 Å². The molecular weight excluding hydrogens is 328 g/mol. The topological polar surface area (TPSA) is 119 Å². The number of hydrogen-bond donors (Lipinski definition) is 2. The first kappa shape index (κ1) is 16.7. The summed E-state index contributed by atoms with van der Waals surface area (Å²) in [5, 5.41) is 20.7. The van der Waals surface area contributed by atoms with E-state index in [1.807, 2.05) is 6.07 Å². The highest BCUT2D eigenvalue weighted by atomic mass is 16.7. The summed E-state index contributed by atoms with van der Waals surface area (Å²) < 4.78 is 10.4. The minimum absolute atomic E-state index is 0.0696. The van der Waals surface area contributed by atoms with E-state index >= 15 is 0 Å². The Hall–Kier alpha value is -3.10. The SMILES string of the molecule is CNc1cc([C@H]2CC[C@@H](OC(=O)Oc3ccc([N+](=O)[O-])cc3)C2)[nH]n1. The number of anilines is 1. The number of nitro benzene ring substituents is 1. The molecule has 1 aliphatic carbocycles. The molecule has 132 valence electrons. The zero-order valence-electron chi connectivity index (χ0n) is 13.6. The number of ether oxygens (including phenoxy) is 2. The van der Waals surface area contributed by atoms with Crippen molar-refractivity contribution in [3.63, 3.8) is 0 Å². The fourth-order valence-corrected chi connectivity index (χ4v) is 2.90. The van der Waals surface area contributed by atoms with Crippen molar-refractivity contribution >= 4 is 17.7 Å². The Balaban J connectivity index is 1.51. The monoisotopic (exact) mass is 346 g/mol. The second kappa shape index (κ2) is 7.20. The summed E-state index contributed by atoms with van der Waals surface area (Å²) in [6.07, 6.45) is 1.30. The molecule has 9 nitrogen and oxygen atoms in total. The lowest BCUT2D eigenvalue weighted by molar-refractivity contribution is -0.384. The Kier molecular flexibility index (Phi) is 4.82. The molecule has 1 saturated carbocycles. The number of nitrogens with zero attached hydrogens (tertiary/aromatic N) is 2. The second-order valence-electron chi connectivity index (χ2n) is 5.81. The average molecular weight is 346 g/mol. The Morgan fingerprint density at radius 1 is 1.36 bits per heavy atom. The van der Waals surface area contributed by atoms with Crippen LogP contribution in [0.15, 0.2) is 30.3 Å².